The number of hydrogen-bond acceptors (Lipinski definition) is 3. The zero-order chi connectivity index (χ0) is 14.0. The quantitative estimate of drug-likeness (QED) is 0.873. The molecular weight excluding hydrogens is 247 g/mol. The number of hydrogen-bond donors (Lipinski definition) is 2. The van der Waals surface area contributed by atoms with Gasteiger partial charge in [-0.05, 0) is 37.8 Å². The molecule has 0 saturated heterocycles. The number of carbonyl (C=O) groups excluding carboxylic acids is 1. The molecule has 1 saturated carbocycles. The average Bonchev–Trinajstić information content (AvgIpc) is 2.34. The van der Waals surface area contributed by atoms with E-state index in [0.717, 1.165) is 12.8 Å². The van der Waals surface area contributed by atoms with Crippen LogP contribution in [0.25, 0.3) is 0 Å². The number of rotatable bonds is 3. The fourth-order valence-corrected chi connectivity index (χ4v) is 2.42. The Labute approximate surface area is 111 Å². The fraction of sp³-hybridized carbons (Fsp3) is 0.500. The number of ether oxygens (including phenoxy) is 1. The largest absolute Gasteiger partial charge is 0.490 e. The smallest absolute Gasteiger partial charge is 0.237 e. The molecule has 1 aromatic carbocycles. The second-order valence-electron chi connectivity index (χ2n) is 5.27. The first-order chi connectivity index (χ1) is 8.90. The van der Waals surface area contributed by atoms with E-state index in [0.29, 0.717) is 24.2 Å². The second kappa shape index (κ2) is 5.17. The minimum atomic E-state index is -1.01. The summed E-state index contributed by atoms with van der Waals surface area (Å²) < 4.78 is 19.1. The van der Waals surface area contributed by atoms with E-state index >= 15 is 0 Å². The third-order valence-corrected chi connectivity index (χ3v) is 3.68. The van der Waals surface area contributed by atoms with Gasteiger partial charge in [-0.2, -0.15) is 0 Å². The molecule has 0 aromatic heterocycles. The van der Waals surface area contributed by atoms with E-state index in [9.17, 15) is 9.18 Å². The molecular formula is C14H19FN2O2. The van der Waals surface area contributed by atoms with Gasteiger partial charge in [0.1, 0.15) is 17.7 Å². The van der Waals surface area contributed by atoms with Gasteiger partial charge in [0.15, 0.2) is 0 Å². The topological polar surface area (TPSA) is 78.3 Å². The molecule has 0 radical (unpaired) electrons. The van der Waals surface area contributed by atoms with Crippen molar-refractivity contribution < 1.29 is 13.9 Å². The van der Waals surface area contributed by atoms with Crippen molar-refractivity contribution in [2.24, 2.45) is 11.5 Å². The van der Waals surface area contributed by atoms with Crippen molar-refractivity contribution in [3.05, 3.63) is 29.6 Å². The van der Waals surface area contributed by atoms with Crippen LogP contribution in [0.15, 0.2) is 18.2 Å². The van der Waals surface area contributed by atoms with Gasteiger partial charge in [0.2, 0.25) is 5.91 Å². The van der Waals surface area contributed by atoms with Crippen molar-refractivity contribution in [2.45, 2.75) is 44.2 Å². The number of primary amides is 1. The first kappa shape index (κ1) is 13.8. The highest BCUT2D eigenvalue weighted by Crippen LogP contribution is 2.29. The van der Waals surface area contributed by atoms with Gasteiger partial charge in [0, 0.05) is 12.5 Å². The molecule has 1 aliphatic carbocycles. The lowest BCUT2D eigenvalue weighted by Crippen LogP contribution is -2.56. The van der Waals surface area contributed by atoms with Gasteiger partial charge < -0.3 is 16.2 Å². The Morgan fingerprint density at radius 3 is 2.89 bits per heavy atom. The van der Waals surface area contributed by atoms with Crippen molar-refractivity contribution in [3.8, 4) is 5.75 Å². The maximum absolute atomic E-state index is 13.4. The first-order valence-corrected chi connectivity index (χ1v) is 6.42. The maximum Gasteiger partial charge on any atom is 0.237 e. The SMILES string of the molecule is Cc1ccc(OC2CCCC(N)(C(N)=O)C2)cc1F. The average molecular weight is 266 g/mol. The molecule has 4 nitrogen and oxygen atoms in total. The molecule has 4 N–H and O–H groups in total. The van der Waals surface area contributed by atoms with Crippen LogP contribution in [0, 0.1) is 12.7 Å². The first-order valence-electron chi connectivity index (χ1n) is 6.42. The summed E-state index contributed by atoms with van der Waals surface area (Å²) in [6.07, 6.45) is 2.32. The Kier molecular flexibility index (Phi) is 3.75. The highest BCUT2D eigenvalue weighted by atomic mass is 19.1. The standard InChI is InChI=1S/C14H19FN2O2/c1-9-4-5-10(7-12(9)15)19-11-3-2-6-14(17,8-11)13(16)18/h4-5,7,11H,2-3,6,8,17H2,1H3,(H2,16,18). The summed E-state index contributed by atoms with van der Waals surface area (Å²) in [5, 5.41) is 0. The van der Waals surface area contributed by atoms with Gasteiger partial charge in [-0.25, -0.2) is 4.39 Å². The minimum Gasteiger partial charge on any atom is -0.490 e. The fourth-order valence-electron chi connectivity index (χ4n) is 2.42. The predicted octanol–water partition coefficient (Wildman–Crippen LogP) is 1.64. The van der Waals surface area contributed by atoms with Crippen LogP contribution < -0.4 is 16.2 Å². The Hall–Kier alpha value is -1.62. The van der Waals surface area contributed by atoms with Gasteiger partial charge in [0.05, 0.1) is 5.54 Å². The van der Waals surface area contributed by atoms with Gasteiger partial charge in [0.25, 0.3) is 0 Å². The lowest BCUT2D eigenvalue weighted by atomic mass is 9.80. The highest BCUT2D eigenvalue weighted by molar-refractivity contribution is 5.84. The number of nitrogens with two attached hydrogens (primary N) is 2. The van der Waals surface area contributed by atoms with Crippen molar-refractivity contribution in [3.63, 3.8) is 0 Å². The Morgan fingerprint density at radius 1 is 1.53 bits per heavy atom. The van der Waals surface area contributed by atoms with Crippen molar-refractivity contribution >= 4 is 5.91 Å². The van der Waals surface area contributed by atoms with Crippen molar-refractivity contribution in [1.29, 1.82) is 0 Å². The van der Waals surface area contributed by atoms with Crippen LogP contribution in [0.2, 0.25) is 0 Å². The minimum absolute atomic E-state index is 0.201. The normalized spacial score (nSPS) is 27.0. The van der Waals surface area contributed by atoms with Crippen molar-refractivity contribution in [1.82, 2.24) is 0 Å². The summed E-state index contributed by atoms with van der Waals surface area (Å²) >= 11 is 0. The molecule has 104 valence electrons. The summed E-state index contributed by atoms with van der Waals surface area (Å²) in [5.41, 5.74) is 10.9. The molecule has 0 heterocycles. The van der Waals surface area contributed by atoms with Gasteiger partial charge in [-0.15, -0.1) is 0 Å². The number of halogens is 1. The molecule has 2 atom stereocenters. The molecule has 2 rings (SSSR count). The van der Waals surface area contributed by atoms with Crippen molar-refractivity contribution in [2.75, 3.05) is 0 Å². The monoisotopic (exact) mass is 266 g/mol. The summed E-state index contributed by atoms with van der Waals surface area (Å²) in [6, 6.07) is 4.74. The van der Waals surface area contributed by atoms with Crippen LogP contribution in [0.3, 0.4) is 0 Å². The third kappa shape index (κ3) is 3.04. The van der Waals surface area contributed by atoms with E-state index in [-0.39, 0.29) is 11.9 Å². The zero-order valence-electron chi connectivity index (χ0n) is 11.0. The molecule has 0 spiro atoms. The molecule has 1 amide bonds. The lowest BCUT2D eigenvalue weighted by Gasteiger charge is -2.35. The highest BCUT2D eigenvalue weighted by Gasteiger charge is 2.38. The zero-order valence-corrected chi connectivity index (χ0v) is 11.0. The second-order valence-corrected chi connectivity index (χ2v) is 5.27. The van der Waals surface area contributed by atoms with Crippen LogP contribution >= 0.6 is 0 Å². The molecule has 1 aliphatic rings. The van der Waals surface area contributed by atoms with Gasteiger partial charge >= 0.3 is 0 Å². The predicted molar refractivity (Wildman–Crippen MR) is 70.1 cm³/mol. The Morgan fingerprint density at radius 2 is 2.26 bits per heavy atom. The molecule has 2 unspecified atom stereocenters. The van der Waals surface area contributed by atoms with Gasteiger partial charge in [-0.3, -0.25) is 4.79 Å². The number of benzene rings is 1. The molecule has 1 fully saturated rings. The molecule has 0 aliphatic heterocycles. The van der Waals surface area contributed by atoms with Crippen LogP contribution in [0.1, 0.15) is 31.2 Å². The Bertz CT molecular complexity index is 492. The van der Waals surface area contributed by atoms with Crippen LogP contribution in [0.5, 0.6) is 5.75 Å². The van der Waals surface area contributed by atoms with Crippen LogP contribution in [-0.4, -0.2) is 17.6 Å². The Balaban J connectivity index is 2.06. The summed E-state index contributed by atoms with van der Waals surface area (Å²) in [5.74, 6) is -0.347. The van der Waals surface area contributed by atoms with E-state index in [4.69, 9.17) is 16.2 Å². The van der Waals surface area contributed by atoms with Crippen LogP contribution in [-0.2, 0) is 4.79 Å². The molecule has 1 aromatic rings. The molecule has 5 heteroatoms. The number of carbonyl (C=O) groups is 1. The van der Waals surface area contributed by atoms with Crippen LogP contribution in [0.4, 0.5) is 4.39 Å². The number of aryl methyl sites for hydroxylation is 1. The lowest BCUT2D eigenvalue weighted by molar-refractivity contribution is -0.125. The van der Waals surface area contributed by atoms with E-state index in [1.807, 2.05) is 0 Å². The summed E-state index contributed by atoms with van der Waals surface area (Å²) in [4.78, 5) is 11.4. The third-order valence-electron chi connectivity index (χ3n) is 3.68. The van der Waals surface area contributed by atoms with E-state index in [1.165, 1.54) is 6.07 Å². The van der Waals surface area contributed by atoms with Gasteiger partial charge in [-0.1, -0.05) is 6.07 Å². The molecule has 0 bridgehead atoms. The van der Waals surface area contributed by atoms with E-state index in [1.54, 1.807) is 19.1 Å². The number of amides is 1. The summed E-state index contributed by atoms with van der Waals surface area (Å²) in [6.45, 7) is 1.69. The maximum atomic E-state index is 13.4. The summed E-state index contributed by atoms with van der Waals surface area (Å²) in [7, 11) is 0. The van der Waals surface area contributed by atoms with E-state index < -0.39 is 11.4 Å². The van der Waals surface area contributed by atoms with E-state index in [2.05, 4.69) is 0 Å². The molecule has 19 heavy (non-hydrogen) atoms.